The molecule has 0 radical (unpaired) electrons. The highest BCUT2D eigenvalue weighted by Crippen LogP contribution is 2.71. The van der Waals surface area contributed by atoms with Gasteiger partial charge in [-0.05, 0) is 44.2 Å². The first kappa shape index (κ1) is 35.0. The minimum absolute atomic E-state index is 0.141. The molecule has 2 aromatic rings. The van der Waals surface area contributed by atoms with Crippen LogP contribution < -0.4 is 14.4 Å². The number of amides is 1. The molecule has 0 atom stereocenters. The van der Waals surface area contributed by atoms with Crippen LogP contribution in [-0.4, -0.2) is 82.1 Å². The van der Waals surface area contributed by atoms with Crippen molar-refractivity contribution in [3.63, 3.8) is 0 Å². The Labute approximate surface area is 289 Å². The van der Waals surface area contributed by atoms with Gasteiger partial charge in [0, 0.05) is 21.6 Å². The number of hydrogen-bond acceptors (Lipinski definition) is 14. The zero-order valence-corrected chi connectivity index (χ0v) is 29.7. The second-order valence-corrected chi connectivity index (χ2v) is 14.5. The highest BCUT2D eigenvalue weighted by molar-refractivity contribution is 8.26. The maximum atomic E-state index is 14.6. The molecular weight excluding hydrogens is 683 g/mol. The molecule has 12 nitrogen and oxygen atoms in total. The predicted octanol–water partition coefficient (Wildman–Crippen LogP) is 4.93. The van der Waals surface area contributed by atoms with E-state index in [-0.39, 0.29) is 20.3 Å². The molecule has 252 valence electrons. The summed E-state index contributed by atoms with van der Waals surface area (Å²) in [6.45, 7) is 3.58. The van der Waals surface area contributed by atoms with Crippen molar-refractivity contribution in [1.82, 2.24) is 0 Å². The normalized spacial score (nSPS) is 17.4. The van der Waals surface area contributed by atoms with Crippen LogP contribution in [0.2, 0.25) is 0 Å². The fourth-order valence-corrected chi connectivity index (χ4v) is 10.8. The number of thioether (sulfide) groups is 3. The summed E-state index contributed by atoms with van der Waals surface area (Å²) in [4.78, 5) is 70.0. The van der Waals surface area contributed by atoms with Gasteiger partial charge in [0.05, 0.1) is 59.5 Å². The molecule has 48 heavy (non-hydrogen) atoms. The van der Waals surface area contributed by atoms with Gasteiger partial charge in [0.1, 0.15) is 30.3 Å². The van der Waals surface area contributed by atoms with E-state index >= 15 is 0 Å². The summed E-state index contributed by atoms with van der Waals surface area (Å²) in [6.07, 6.45) is 0. The number of benzene rings is 2. The number of rotatable bonds is 7. The Morgan fingerprint density at radius 3 is 1.71 bits per heavy atom. The van der Waals surface area contributed by atoms with Gasteiger partial charge in [0.2, 0.25) is 0 Å². The van der Waals surface area contributed by atoms with Crippen LogP contribution in [0, 0.1) is 0 Å². The number of ether oxygens (including phenoxy) is 6. The van der Waals surface area contributed by atoms with Crippen LogP contribution >= 0.6 is 35.3 Å². The number of nitrogens with zero attached hydrogens (tertiary/aromatic N) is 1. The first-order chi connectivity index (χ1) is 22.9. The van der Waals surface area contributed by atoms with E-state index in [9.17, 15) is 24.0 Å². The SMILES string of the molecule is COC(=O)C1=C(C(=O)OC)SC2(S1)C(C(=O)OC)=C(C(=O)OC)SC1=C2c2cccc(OC)c2N(C(=O)c2ccc(OC)cc2)C1(C)C. The highest BCUT2D eigenvalue weighted by atomic mass is 32.2. The molecule has 5 rings (SSSR count). The molecule has 15 heteroatoms. The molecule has 0 aliphatic carbocycles. The molecule has 3 heterocycles. The standard InChI is InChI=1S/C33H31NO11S3/c1-32(2)26-20(18-10-9-11-19(41-4)22(18)34(32)27(35)16-12-14-17(40-3)15-13-16)33(21(28(36)42-5)23(46-26)29(37)43-6)47-24(30(38)44-7)25(48-33)31(39)45-8/h9-15H,1-8H3. The van der Waals surface area contributed by atoms with Crippen molar-refractivity contribution in [2.75, 3.05) is 47.6 Å². The lowest BCUT2D eigenvalue weighted by atomic mass is 9.82. The smallest absolute Gasteiger partial charge is 0.345 e. The average Bonchev–Trinajstić information content (AvgIpc) is 3.49. The molecule has 0 fully saturated rings. The molecule has 1 amide bonds. The molecule has 0 N–H and O–H groups in total. The fourth-order valence-electron chi connectivity index (χ4n) is 5.70. The zero-order valence-electron chi connectivity index (χ0n) is 27.2. The largest absolute Gasteiger partial charge is 0.497 e. The van der Waals surface area contributed by atoms with Crippen molar-refractivity contribution >= 4 is 76.3 Å². The van der Waals surface area contributed by atoms with Crippen molar-refractivity contribution in [3.05, 3.63) is 78.8 Å². The Balaban J connectivity index is 1.89. The van der Waals surface area contributed by atoms with Crippen molar-refractivity contribution in [2.24, 2.45) is 0 Å². The molecule has 0 saturated heterocycles. The van der Waals surface area contributed by atoms with E-state index in [4.69, 9.17) is 28.4 Å². The minimum Gasteiger partial charge on any atom is -0.497 e. The van der Waals surface area contributed by atoms with Gasteiger partial charge >= 0.3 is 23.9 Å². The third-order valence-electron chi connectivity index (χ3n) is 7.88. The van der Waals surface area contributed by atoms with Gasteiger partial charge in [0.15, 0.2) is 0 Å². The molecule has 1 spiro atoms. The number of esters is 4. The number of para-hydroxylation sites is 1. The summed E-state index contributed by atoms with van der Waals surface area (Å²) in [7, 11) is 7.63. The summed E-state index contributed by atoms with van der Waals surface area (Å²) in [5, 5.41) is 0. The molecule has 0 saturated carbocycles. The van der Waals surface area contributed by atoms with E-state index < -0.39 is 39.4 Å². The number of anilines is 1. The van der Waals surface area contributed by atoms with Gasteiger partial charge in [0.25, 0.3) is 5.91 Å². The Morgan fingerprint density at radius 1 is 0.667 bits per heavy atom. The monoisotopic (exact) mass is 713 g/mol. The molecule has 0 unspecified atom stereocenters. The Morgan fingerprint density at radius 2 is 1.21 bits per heavy atom. The summed E-state index contributed by atoms with van der Waals surface area (Å²) >= 11 is 2.64. The van der Waals surface area contributed by atoms with E-state index in [1.807, 2.05) is 0 Å². The van der Waals surface area contributed by atoms with Gasteiger partial charge in [-0.25, -0.2) is 19.2 Å². The Bertz CT molecular complexity index is 1810. The summed E-state index contributed by atoms with van der Waals surface area (Å²) in [6, 6.07) is 11.8. The molecule has 0 aromatic heterocycles. The molecular formula is C33H31NO11S3. The van der Waals surface area contributed by atoms with Gasteiger partial charge < -0.3 is 28.4 Å². The van der Waals surface area contributed by atoms with Crippen molar-refractivity contribution in [1.29, 1.82) is 0 Å². The van der Waals surface area contributed by atoms with E-state index in [0.717, 1.165) is 56.6 Å². The number of methoxy groups -OCH3 is 6. The van der Waals surface area contributed by atoms with Gasteiger partial charge in [-0.2, -0.15) is 0 Å². The van der Waals surface area contributed by atoms with Crippen LogP contribution in [0.3, 0.4) is 0 Å². The minimum atomic E-state index is -1.71. The first-order valence-electron chi connectivity index (χ1n) is 14.2. The lowest BCUT2D eigenvalue weighted by Gasteiger charge is -2.51. The topological polar surface area (TPSA) is 144 Å². The number of hydrogen-bond donors (Lipinski definition) is 0. The average molecular weight is 714 g/mol. The van der Waals surface area contributed by atoms with Gasteiger partial charge in [-0.3, -0.25) is 9.69 Å². The lowest BCUT2D eigenvalue weighted by molar-refractivity contribution is -0.138. The fraction of sp³-hybridized carbons (Fsp3) is 0.303. The van der Waals surface area contributed by atoms with Crippen LogP contribution in [0.25, 0.3) is 5.57 Å². The van der Waals surface area contributed by atoms with Crippen LogP contribution in [0.15, 0.2) is 67.7 Å². The van der Waals surface area contributed by atoms with Crippen molar-refractivity contribution in [3.8, 4) is 11.5 Å². The summed E-state index contributed by atoms with van der Waals surface area (Å²) in [5.41, 5.74) is 0.171. The van der Waals surface area contributed by atoms with Crippen molar-refractivity contribution < 1.29 is 52.4 Å². The van der Waals surface area contributed by atoms with E-state index in [1.165, 1.54) is 21.3 Å². The Hall–Kier alpha value is -4.34. The molecule has 3 aliphatic heterocycles. The number of carbonyl (C=O) groups is 5. The van der Waals surface area contributed by atoms with Gasteiger partial charge in [-0.1, -0.05) is 47.4 Å². The quantitative estimate of drug-likeness (QED) is 0.282. The predicted molar refractivity (Wildman–Crippen MR) is 181 cm³/mol. The maximum absolute atomic E-state index is 14.6. The van der Waals surface area contributed by atoms with Crippen LogP contribution in [-0.2, 0) is 38.1 Å². The van der Waals surface area contributed by atoms with E-state index in [0.29, 0.717) is 38.8 Å². The van der Waals surface area contributed by atoms with Crippen LogP contribution in [0.4, 0.5) is 5.69 Å². The van der Waals surface area contributed by atoms with Crippen molar-refractivity contribution in [2.45, 2.75) is 23.5 Å². The third kappa shape index (κ3) is 5.33. The lowest BCUT2D eigenvalue weighted by Crippen LogP contribution is -2.54. The van der Waals surface area contributed by atoms with E-state index in [2.05, 4.69) is 0 Å². The molecule has 2 aromatic carbocycles. The van der Waals surface area contributed by atoms with Crippen LogP contribution in [0.5, 0.6) is 11.5 Å². The summed E-state index contributed by atoms with van der Waals surface area (Å²) < 4.78 is 29.9. The second-order valence-electron chi connectivity index (χ2n) is 10.7. The maximum Gasteiger partial charge on any atom is 0.345 e. The Kier molecular flexibility index (Phi) is 9.68. The number of carbonyl (C=O) groups excluding carboxylic acids is 5. The third-order valence-corrected chi connectivity index (χ3v) is 12.5. The van der Waals surface area contributed by atoms with Gasteiger partial charge in [-0.15, -0.1) is 0 Å². The second kappa shape index (κ2) is 13.3. The van der Waals surface area contributed by atoms with E-state index in [1.54, 1.807) is 61.2 Å². The number of fused-ring (bicyclic) bond motifs is 3. The first-order valence-corrected chi connectivity index (χ1v) is 16.6. The zero-order chi connectivity index (χ0) is 35.1. The molecule has 3 aliphatic rings. The highest BCUT2D eigenvalue weighted by Gasteiger charge is 2.62. The van der Waals surface area contributed by atoms with Crippen LogP contribution in [0.1, 0.15) is 29.8 Å². The summed E-state index contributed by atoms with van der Waals surface area (Å²) in [5.74, 6) is -2.97. The molecule has 0 bridgehead atoms.